The molecule has 0 unspecified atom stereocenters. The SMILES string of the molecule is Cc1c(Br)c2ccccn2c1O. The molecule has 0 atom stereocenters. The third-order valence-electron chi connectivity index (χ3n) is 1.98. The highest BCUT2D eigenvalue weighted by Crippen LogP contribution is 2.31. The Kier molecular flexibility index (Phi) is 1.61. The van der Waals surface area contributed by atoms with Gasteiger partial charge in [0.2, 0.25) is 0 Å². The predicted molar refractivity (Wildman–Crippen MR) is 51.5 cm³/mol. The molecule has 0 saturated carbocycles. The van der Waals surface area contributed by atoms with Crippen molar-refractivity contribution in [3.05, 3.63) is 34.4 Å². The molecule has 0 aromatic carbocycles. The molecule has 0 aliphatic carbocycles. The molecule has 2 heterocycles. The molecule has 0 spiro atoms. The lowest BCUT2D eigenvalue weighted by Gasteiger charge is -1.93. The maximum absolute atomic E-state index is 9.61. The fourth-order valence-corrected chi connectivity index (χ4v) is 1.78. The molecule has 3 heteroatoms. The van der Waals surface area contributed by atoms with Crippen LogP contribution in [-0.4, -0.2) is 9.51 Å². The van der Waals surface area contributed by atoms with E-state index in [1.807, 2.05) is 31.3 Å². The Balaban J connectivity index is 2.99. The van der Waals surface area contributed by atoms with E-state index in [4.69, 9.17) is 0 Å². The molecular weight excluding hydrogens is 218 g/mol. The molecule has 0 bridgehead atoms. The van der Waals surface area contributed by atoms with Gasteiger partial charge in [-0.2, -0.15) is 0 Å². The van der Waals surface area contributed by atoms with E-state index in [0.717, 1.165) is 15.6 Å². The van der Waals surface area contributed by atoms with E-state index in [-0.39, 0.29) is 0 Å². The van der Waals surface area contributed by atoms with Crippen LogP contribution < -0.4 is 0 Å². The summed E-state index contributed by atoms with van der Waals surface area (Å²) in [5, 5.41) is 9.61. The zero-order chi connectivity index (χ0) is 8.72. The average Bonchev–Trinajstić information content (AvgIpc) is 2.33. The summed E-state index contributed by atoms with van der Waals surface area (Å²) in [7, 11) is 0. The smallest absolute Gasteiger partial charge is 0.199 e. The molecule has 2 nitrogen and oxygen atoms in total. The first-order valence-corrected chi connectivity index (χ1v) is 4.45. The highest BCUT2D eigenvalue weighted by Gasteiger charge is 2.09. The van der Waals surface area contributed by atoms with Crippen LogP contribution >= 0.6 is 15.9 Å². The van der Waals surface area contributed by atoms with Crippen LogP contribution in [0.2, 0.25) is 0 Å². The molecule has 2 aromatic rings. The molecular formula is C9H8BrNO. The molecule has 0 saturated heterocycles. The Labute approximate surface area is 78.6 Å². The average molecular weight is 226 g/mol. The lowest BCUT2D eigenvalue weighted by atomic mass is 10.3. The number of pyridine rings is 1. The molecule has 0 aliphatic rings. The van der Waals surface area contributed by atoms with Gasteiger partial charge in [-0.25, -0.2) is 0 Å². The summed E-state index contributed by atoms with van der Waals surface area (Å²) in [5.74, 6) is 0.303. The predicted octanol–water partition coefficient (Wildman–Crippen LogP) is 2.72. The van der Waals surface area contributed by atoms with E-state index in [9.17, 15) is 5.11 Å². The normalized spacial score (nSPS) is 10.8. The number of rotatable bonds is 0. The van der Waals surface area contributed by atoms with E-state index in [1.54, 1.807) is 4.40 Å². The van der Waals surface area contributed by atoms with Crippen molar-refractivity contribution in [3.8, 4) is 5.88 Å². The number of aromatic hydroxyl groups is 1. The molecule has 0 fully saturated rings. The van der Waals surface area contributed by atoms with Crippen molar-refractivity contribution >= 4 is 21.4 Å². The number of hydrogen-bond donors (Lipinski definition) is 1. The van der Waals surface area contributed by atoms with Crippen LogP contribution in [0.4, 0.5) is 0 Å². The van der Waals surface area contributed by atoms with Gasteiger partial charge in [0, 0.05) is 16.2 Å². The van der Waals surface area contributed by atoms with Gasteiger partial charge in [-0.1, -0.05) is 6.07 Å². The number of nitrogens with zero attached hydrogens (tertiary/aromatic N) is 1. The van der Waals surface area contributed by atoms with E-state index < -0.39 is 0 Å². The third kappa shape index (κ3) is 0.862. The number of aromatic nitrogens is 1. The van der Waals surface area contributed by atoms with Gasteiger partial charge in [0.25, 0.3) is 0 Å². The Hall–Kier alpha value is -0.960. The molecule has 12 heavy (non-hydrogen) atoms. The number of fused-ring (bicyclic) bond motifs is 1. The van der Waals surface area contributed by atoms with Gasteiger partial charge in [-0.15, -0.1) is 0 Å². The number of hydrogen-bond acceptors (Lipinski definition) is 1. The second-order valence-electron chi connectivity index (χ2n) is 2.72. The van der Waals surface area contributed by atoms with E-state index in [0.29, 0.717) is 5.88 Å². The lowest BCUT2D eigenvalue weighted by molar-refractivity contribution is 0.445. The minimum Gasteiger partial charge on any atom is -0.494 e. The zero-order valence-electron chi connectivity index (χ0n) is 6.58. The van der Waals surface area contributed by atoms with Gasteiger partial charge < -0.3 is 5.11 Å². The van der Waals surface area contributed by atoms with Crippen molar-refractivity contribution in [1.29, 1.82) is 0 Å². The lowest BCUT2D eigenvalue weighted by Crippen LogP contribution is -1.79. The van der Waals surface area contributed by atoms with Gasteiger partial charge in [0.05, 0.1) is 5.52 Å². The topological polar surface area (TPSA) is 24.6 Å². The van der Waals surface area contributed by atoms with E-state index in [2.05, 4.69) is 15.9 Å². The first-order valence-electron chi connectivity index (χ1n) is 3.66. The molecule has 0 aliphatic heterocycles. The summed E-state index contributed by atoms with van der Waals surface area (Å²) in [6, 6.07) is 5.79. The highest BCUT2D eigenvalue weighted by atomic mass is 79.9. The standard InChI is InChI=1S/C9H8BrNO/c1-6-8(10)7-4-2-3-5-11(7)9(6)12/h2-5,12H,1H3. The molecule has 1 N–H and O–H groups in total. The maximum Gasteiger partial charge on any atom is 0.199 e. The van der Waals surface area contributed by atoms with Crippen molar-refractivity contribution in [1.82, 2.24) is 4.40 Å². The fourth-order valence-electron chi connectivity index (χ4n) is 1.28. The highest BCUT2D eigenvalue weighted by molar-refractivity contribution is 9.10. The molecule has 0 amide bonds. The van der Waals surface area contributed by atoms with E-state index in [1.165, 1.54) is 0 Å². The Morgan fingerprint density at radius 1 is 1.42 bits per heavy atom. The summed E-state index contributed by atoms with van der Waals surface area (Å²) in [6.45, 7) is 1.88. The summed E-state index contributed by atoms with van der Waals surface area (Å²) >= 11 is 3.42. The first-order chi connectivity index (χ1) is 5.72. The Bertz CT molecular complexity index is 394. The van der Waals surface area contributed by atoms with Crippen LogP contribution in [0.5, 0.6) is 5.88 Å². The van der Waals surface area contributed by atoms with Crippen molar-refractivity contribution < 1.29 is 5.11 Å². The summed E-state index contributed by atoms with van der Waals surface area (Å²) in [6.07, 6.45) is 1.84. The summed E-state index contributed by atoms with van der Waals surface area (Å²) in [4.78, 5) is 0. The molecule has 2 rings (SSSR count). The second-order valence-corrected chi connectivity index (χ2v) is 3.51. The van der Waals surface area contributed by atoms with Crippen molar-refractivity contribution in [2.24, 2.45) is 0 Å². The summed E-state index contributed by atoms with van der Waals surface area (Å²) in [5.41, 5.74) is 1.87. The van der Waals surface area contributed by atoms with Crippen molar-refractivity contribution in [2.45, 2.75) is 6.92 Å². The molecule has 2 aromatic heterocycles. The van der Waals surface area contributed by atoms with E-state index >= 15 is 0 Å². The van der Waals surface area contributed by atoms with Gasteiger partial charge in [0.15, 0.2) is 5.88 Å². The minimum absolute atomic E-state index is 0.303. The first kappa shape index (κ1) is 7.68. The van der Waals surface area contributed by atoms with Gasteiger partial charge >= 0.3 is 0 Å². The monoisotopic (exact) mass is 225 g/mol. The zero-order valence-corrected chi connectivity index (χ0v) is 8.17. The second kappa shape index (κ2) is 2.52. The van der Waals surface area contributed by atoms with Crippen molar-refractivity contribution in [3.63, 3.8) is 0 Å². The Morgan fingerprint density at radius 2 is 2.17 bits per heavy atom. The van der Waals surface area contributed by atoms with Crippen LogP contribution in [0.3, 0.4) is 0 Å². The van der Waals surface area contributed by atoms with Crippen LogP contribution in [0.15, 0.2) is 28.9 Å². The Morgan fingerprint density at radius 3 is 2.83 bits per heavy atom. The fraction of sp³-hybridized carbons (Fsp3) is 0.111. The molecule has 0 radical (unpaired) electrons. The quantitative estimate of drug-likeness (QED) is 0.733. The molecule has 62 valence electrons. The largest absolute Gasteiger partial charge is 0.494 e. The van der Waals surface area contributed by atoms with Gasteiger partial charge in [0.1, 0.15) is 0 Å². The van der Waals surface area contributed by atoms with Crippen LogP contribution in [0.25, 0.3) is 5.52 Å². The van der Waals surface area contributed by atoms with Gasteiger partial charge in [-0.05, 0) is 35.0 Å². The van der Waals surface area contributed by atoms with Crippen molar-refractivity contribution in [2.75, 3.05) is 0 Å². The van der Waals surface area contributed by atoms with Crippen LogP contribution in [0.1, 0.15) is 5.56 Å². The minimum atomic E-state index is 0.303. The van der Waals surface area contributed by atoms with Crippen LogP contribution in [0, 0.1) is 6.92 Å². The number of halogens is 1. The summed E-state index contributed by atoms with van der Waals surface area (Å²) < 4.78 is 2.71. The maximum atomic E-state index is 9.61. The third-order valence-corrected chi connectivity index (χ3v) is 2.98. The van der Waals surface area contributed by atoms with Gasteiger partial charge in [-0.3, -0.25) is 4.40 Å². The van der Waals surface area contributed by atoms with Crippen LogP contribution in [-0.2, 0) is 0 Å².